The number of carboxylic acids is 1. The van der Waals surface area contributed by atoms with Crippen molar-refractivity contribution in [1.82, 2.24) is 0 Å². The highest BCUT2D eigenvalue weighted by Gasteiger charge is 2.57. The molecule has 14 heavy (non-hydrogen) atoms. The SMILES string of the molecule is O=C(O)CC1CC12CCCS(=O)(=O)C2. The molecule has 80 valence electrons. The Morgan fingerprint density at radius 3 is 2.79 bits per heavy atom. The monoisotopic (exact) mass is 218 g/mol. The van der Waals surface area contributed by atoms with E-state index in [4.69, 9.17) is 5.11 Å². The van der Waals surface area contributed by atoms with Crippen molar-refractivity contribution in [3.8, 4) is 0 Å². The standard InChI is InChI=1S/C9H14O4S/c10-8(11)4-7-5-9(7)2-1-3-14(12,13)6-9/h7H,1-6H2,(H,10,11). The predicted molar refractivity (Wildman–Crippen MR) is 50.7 cm³/mol. The fourth-order valence-corrected chi connectivity index (χ4v) is 4.74. The summed E-state index contributed by atoms with van der Waals surface area (Å²) in [7, 11) is -2.89. The van der Waals surface area contributed by atoms with Gasteiger partial charge in [-0.25, -0.2) is 8.42 Å². The highest BCUT2D eigenvalue weighted by molar-refractivity contribution is 7.91. The molecular weight excluding hydrogens is 204 g/mol. The molecule has 2 aliphatic rings. The van der Waals surface area contributed by atoms with Crippen LogP contribution in [-0.4, -0.2) is 31.0 Å². The van der Waals surface area contributed by atoms with Crippen LogP contribution in [0.3, 0.4) is 0 Å². The van der Waals surface area contributed by atoms with E-state index in [0.29, 0.717) is 6.42 Å². The first-order chi connectivity index (χ1) is 6.44. The number of sulfone groups is 1. The lowest BCUT2D eigenvalue weighted by Crippen LogP contribution is -2.28. The zero-order valence-electron chi connectivity index (χ0n) is 7.90. The quantitative estimate of drug-likeness (QED) is 0.739. The average Bonchev–Trinajstić information content (AvgIpc) is 2.57. The lowest BCUT2D eigenvalue weighted by molar-refractivity contribution is -0.137. The van der Waals surface area contributed by atoms with Crippen LogP contribution in [-0.2, 0) is 14.6 Å². The third-order valence-corrected chi connectivity index (χ3v) is 5.34. The third kappa shape index (κ3) is 1.78. The molecule has 2 unspecified atom stereocenters. The summed E-state index contributed by atoms with van der Waals surface area (Å²) in [6.07, 6.45) is 2.52. The molecule has 5 heteroatoms. The minimum Gasteiger partial charge on any atom is -0.481 e. The van der Waals surface area contributed by atoms with Gasteiger partial charge in [0, 0.05) is 6.42 Å². The van der Waals surface area contributed by atoms with E-state index in [-0.39, 0.29) is 29.3 Å². The molecule has 1 saturated carbocycles. The van der Waals surface area contributed by atoms with E-state index in [2.05, 4.69) is 0 Å². The van der Waals surface area contributed by atoms with Crippen LogP contribution >= 0.6 is 0 Å². The topological polar surface area (TPSA) is 71.4 Å². The molecule has 0 aromatic heterocycles. The van der Waals surface area contributed by atoms with E-state index >= 15 is 0 Å². The fraction of sp³-hybridized carbons (Fsp3) is 0.889. The van der Waals surface area contributed by atoms with E-state index in [1.165, 1.54) is 0 Å². The average molecular weight is 218 g/mol. The van der Waals surface area contributed by atoms with Gasteiger partial charge in [0.1, 0.15) is 0 Å². The molecule has 0 aromatic rings. The lowest BCUT2D eigenvalue weighted by Gasteiger charge is -2.22. The van der Waals surface area contributed by atoms with Crippen LogP contribution in [0.25, 0.3) is 0 Å². The van der Waals surface area contributed by atoms with E-state index in [0.717, 1.165) is 12.8 Å². The van der Waals surface area contributed by atoms with Gasteiger partial charge in [0.25, 0.3) is 0 Å². The first-order valence-corrected chi connectivity index (χ1v) is 6.68. The molecular formula is C9H14O4S. The maximum absolute atomic E-state index is 11.4. The molecule has 0 radical (unpaired) electrons. The smallest absolute Gasteiger partial charge is 0.303 e. The first-order valence-electron chi connectivity index (χ1n) is 4.86. The van der Waals surface area contributed by atoms with E-state index < -0.39 is 15.8 Å². The number of carbonyl (C=O) groups is 1. The predicted octanol–water partition coefficient (Wildman–Crippen LogP) is 0.676. The Morgan fingerprint density at radius 2 is 2.21 bits per heavy atom. The van der Waals surface area contributed by atoms with Gasteiger partial charge in [-0.05, 0) is 30.6 Å². The maximum atomic E-state index is 11.4. The zero-order chi connectivity index (χ0) is 10.4. The number of rotatable bonds is 2. The summed E-state index contributed by atoms with van der Waals surface area (Å²) in [6.45, 7) is 0. The Hall–Kier alpha value is -0.580. The molecule has 1 heterocycles. The van der Waals surface area contributed by atoms with E-state index in [1.807, 2.05) is 0 Å². The second kappa shape index (κ2) is 2.95. The molecule has 1 aliphatic heterocycles. The van der Waals surface area contributed by atoms with Crippen LogP contribution in [0.15, 0.2) is 0 Å². The molecule has 1 spiro atoms. The second-order valence-corrected chi connectivity index (χ2v) is 6.74. The molecule has 4 nitrogen and oxygen atoms in total. The summed E-state index contributed by atoms with van der Waals surface area (Å²) >= 11 is 0. The van der Waals surface area contributed by atoms with Crippen molar-refractivity contribution < 1.29 is 18.3 Å². The Bertz CT molecular complexity index is 359. The molecule has 2 atom stereocenters. The van der Waals surface area contributed by atoms with Gasteiger partial charge in [-0.1, -0.05) is 0 Å². The van der Waals surface area contributed by atoms with Gasteiger partial charge in [-0.15, -0.1) is 0 Å². The molecule has 0 aromatic carbocycles. The zero-order valence-corrected chi connectivity index (χ0v) is 8.72. The van der Waals surface area contributed by atoms with Gasteiger partial charge < -0.3 is 5.11 Å². The van der Waals surface area contributed by atoms with Crippen molar-refractivity contribution in [3.63, 3.8) is 0 Å². The van der Waals surface area contributed by atoms with Crippen molar-refractivity contribution in [3.05, 3.63) is 0 Å². The van der Waals surface area contributed by atoms with Crippen molar-refractivity contribution in [2.45, 2.75) is 25.7 Å². The van der Waals surface area contributed by atoms with Crippen LogP contribution in [0, 0.1) is 11.3 Å². The maximum Gasteiger partial charge on any atom is 0.303 e. The Labute approximate surface area is 83.2 Å². The van der Waals surface area contributed by atoms with Gasteiger partial charge in [-0.3, -0.25) is 4.79 Å². The largest absolute Gasteiger partial charge is 0.481 e. The Balaban J connectivity index is 2.03. The minimum atomic E-state index is -2.89. The molecule has 1 N–H and O–H groups in total. The van der Waals surface area contributed by atoms with Crippen LogP contribution in [0.2, 0.25) is 0 Å². The Kier molecular flexibility index (Phi) is 2.10. The summed E-state index contributed by atoms with van der Waals surface area (Å²) in [5, 5.41) is 8.62. The Morgan fingerprint density at radius 1 is 1.50 bits per heavy atom. The minimum absolute atomic E-state index is 0.107. The normalized spacial score (nSPS) is 39.6. The number of hydrogen-bond acceptors (Lipinski definition) is 3. The summed E-state index contributed by atoms with van der Waals surface area (Å²) < 4.78 is 22.8. The van der Waals surface area contributed by atoms with Crippen LogP contribution in [0.1, 0.15) is 25.7 Å². The molecule has 1 aliphatic carbocycles. The third-order valence-electron chi connectivity index (χ3n) is 3.42. The second-order valence-electron chi connectivity index (χ2n) is 4.56. The van der Waals surface area contributed by atoms with Crippen molar-refractivity contribution in [2.24, 2.45) is 11.3 Å². The summed E-state index contributed by atoms with van der Waals surface area (Å²) in [5.74, 6) is -0.197. The van der Waals surface area contributed by atoms with Gasteiger partial charge in [0.2, 0.25) is 0 Å². The van der Waals surface area contributed by atoms with Crippen LogP contribution in [0.4, 0.5) is 0 Å². The molecule has 0 amide bonds. The lowest BCUT2D eigenvalue weighted by atomic mass is 9.98. The fourth-order valence-electron chi connectivity index (χ4n) is 2.64. The van der Waals surface area contributed by atoms with Gasteiger partial charge in [0.05, 0.1) is 11.5 Å². The number of aliphatic carboxylic acids is 1. The summed E-state index contributed by atoms with van der Waals surface area (Å²) in [4.78, 5) is 10.5. The van der Waals surface area contributed by atoms with Gasteiger partial charge in [-0.2, -0.15) is 0 Å². The van der Waals surface area contributed by atoms with Gasteiger partial charge in [0.15, 0.2) is 9.84 Å². The van der Waals surface area contributed by atoms with Crippen LogP contribution in [0.5, 0.6) is 0 Å². The summed E-state index contributed by atoms with van der Waals surface area (Å²) in [6, 6.07) is 0. The number of hydrogen-bond donors (Lipinski definition) is 1. The molecule has 0 bridgehead atoms. The van der Waals surface area contributed by atoms with E-state index in [1.54, 1.807) is 0 Å². The highest BCUT2D eigenvalue weighted by atomic mass is 32.2. The number of carboxylic acid groups (broad SMARTS) is 1. The van der Waals surface area contributed by atoms with Crippen molar-refractivity contribution in [2.75, 3.05) is 11.5 Å². The highest BCUT2D eigenvalue weighted by Crippen LogP contribution is 2.59. The molecule has 1 saturated heterocycles. The van der Waals surface area contributed by atoms with Crippen molar-refractivity contribution >= 4 is 15.8 Å². The molecule has 2 fully saturated rings. The van der Waals surface area contributed by atoms with Crippen LogP contribution < -0.4 is 0 Å². The molecule has 2 rings (SSSR count). The van der Waals surface area contributed by atoms with Gasteiger partial charge >= 0.3 is 5.97 Å². The summed E-state index contributed by atoms with van der Waals surface area (Å²) in [5.41, 5.74) is -0.157. The first kappa shape index (κ1) is 9.96. The van der Waals surface area contributed by atoms with Crippen molar-refractivity contribution in [1.29, 1.82) is 0 Å². The van der Waals surface area contributed by atoms with E-state index in [9.17, 15) is 13.2 Å².